The molecular formula is C20H17FN2O3S. The molecule has 5 nitrogen and oxygen atoms in total. The minimum absolute atomic E-state index is 0.0162. The minimum atomic E-state index is -1.28. The summed E-state index contributed by atoms with van der Waals surface area (Å²) in [5.74, 6) is -1.83. The maximum absolute atomic E-state index is 14.8. The summed E-state index contributed by atoms with van der Waals surface area (Å²) in [7, 11) is 1.86. The number of aromatic carboxylic acids is 1. The second kappa shape index (κ2) is 6.51. The van der Waals surface area contributed by atoms with Gasteiger partial charge in [0.15, 0.2) is 0 Å². The van der Waals surface area contributed by atoms with Gasteiger partial charge in [-0.15, -0.1) is 0 Å². The van der Waals surface area contributed by atoms with Crippen LogP contribution in [0.1, 0.15) is 28.2 Å². The van der Waals surface area contributed by atoms with Gasteiger partial charge in [-0.1, -0.05) is 36.0 Å². The standard InChI is InChI=1S/C20H17FN2O3S/c1-10-23-16-8-13(12-5-3-11(4-6-12)9-22-2)15(21)7-14(16)18(24)17(20(25)26)19(23)27-10/h3-8,10,22H,9H2,1-2H3,(H,25,26). The molecule has 138 valence electrons. The Hall–Kier alpha value is -2.64. The number of thioether (sulfide) groups is 1. The van der Waals surface area contributed by atoms with E-state index < -0.39 is 17.2 Å². The first kappa shape index (κ1) is 17.8. The lowest BCUT2D eigenvalue weighted by atomic mass is 10.00. The minimum Gasteiger partial charge on any atom is -0.477 e. The quantitative estimate of drug-likeness (QED) is 0.715. The van der Waals surface area contributed by atoms with Crippen LogP contribution in [0.25, 0.3) is 22.0 Å². The highest BCUT2D eigenvalue weighted by Gasteiger charge is 2.33. The third kappa shape index (κ3) is 2.74. The largest absolute Gasteiger partial charge is 0.477 e. The Kier molecular flexibility index (Phi) is 4.28. The number of aromatic nitrogens is 1. The first-order chi connectivity index (χ1) is 12.9. The number of nitrogens with one attached hydrogen (secondary N) is 1. The summed E-state index contributed by atoms with van der Waals surface area (Å²) in [6.07, 6.45) is 0. The fourth-order valence-electron chi connectivity index (χ4n) is 3.46. The number of fused-ring (bicyclic) bond motifs is 3. The van der Waals surface area contributed by atoms with Gasteiger partial charge in [0.05, 0.1) is 15.9 Å². The summed E-state index contributed by atoms with van der Waals surface area (Å²) in [5, 5.41) is 13.0. The Bertz CT molecular complexity index is 1140. The van der Waals surface area contributed by atoms with Gasteiger partial charge in [-0.3, -0.25) is 4.79 Å². The van der Waals surface area contributed by atoms with E-state index in [9.17, 15) is 19.1 Å². The molecule has 1 aliphatic heterocycles. The molecule has 1 aromatic heterocycles. The lowest BCUT2D eigenvalue weighted by molar-refractivity contribution is 0.0689. The van der Waals surface area contributed by atoms with Crippen molar-refractivity contribution in [1.82, 2.24) is 9.88 Å². The molecule has 3 aromatic rings. The molecular weight excluding hydrogens is 367 g/mol. The lowest BCUT2D eigenvalue weighted by Crippen LogP contribution is -2.28. The molecule has 2 aromatic carbocycles. The van der Waals surface area contributed by atoms with Crippen LogP contribution in [0.2, 0.25) is 0 Å². The molecule has 0 radical (unpaired) electrons. The van der Waals surface area contributed by atoms with Crippen LogP contribution < -0.4 is 10.7 Å². The van der Waals surface area contributed by atoms with Gasteiger partial charge in [-0.25, -0.2) is 9.18 Å². The normalized spacial score (nSPS) is 15.4. The predicted octanol–water partition coefficient (Wildman–Crippen LogP) is 3.85. The molecule has 0 amide bonds. The number of hydrogen-bond donors (Lipinski definition) is 2. The molecule has 0 spiro atoms. The van der Waals surface area contributed by atoms with Crippen LogP contribution in [0.3, 0.4) is 0 Å². The number of carboxylic acids is 1. The zero-order valence-corrected chi connectivity index (χ0v) is 15.6. The van der Waals surface area contributed by atoms with E-state index in [4.69, 9.17) is 0 Å². The van der Waals surface area contributed by atoms with Gasteiger partial charge in [-0.05, 0) is 37.2 Å². The lowest BCUT2D eigenvalue weighted by Gasteiger charge is -2.32. The molecule has 1 aliphatic rings. The SMILES string of the molecule is CNCc1ccc(-c2cc3c(cc2F)c(=O)c(C(=O)O)c2n3C(C)S2)cc1. The van der Waals surface area contributed by atoms with Crippen molar-refractivity contribution in [2.24, 2.45) is 0 Å². The van der Waals surface area contributed by atoms with E-state index in [0.717, 1.165) is 18.2 Å². The van der Waals surface area contributed by atoms with Gasteiger partial charge in [0, 0.05) is 17.5 Å². The highest BCUT2D eigenvalue weighted by molar-refractivity contribution is 8.00. The first-order valence-electron chi connectivity index (χ1n) is 8.48. The molecule has 2 heterocycles. The van der Waals surface area contributed by atoms with Crippen molar-refractivity contribution < 1.29 is 14.3 Å². The van der Waals surface area contributed by atoms with E-state index in [0.29, 0.717) is 21.7 Å². The van der Waals surface area contributed by atoms with Gasteiger partial charge in [0.1, 0.15) is 11.4 Å². The van der Waals surface area contributed by atoms with E-state index in [2.05, 4.69) is 5.32 Å². The van der Waals surface area contributed by atoms with Crippen molar-refractivity contribution in [2.75, 3.05) is 7.05 Å². The summed E-state index contributed by atoms with van der Waals surface area (Å²) in [6, 6.07) is 10.3. The molecule has 0 aliphatic carbocycles. The van der Waals surface area contributed by atoms with Crippen molar-refractivity contribution in [3.8, 4) is 11.1 Å². The Morgan fingerprint density at radius 2 is 2.00 bits per heavy atom. The van der Waals surface area contributed by atoms with Gasteiger partial charge in [0.25, 0.3) is 0 Å². The molecule has 1 atom stereocenters. The number of hydrogen-bond acceptors (Lipinski definition) is 4. The van der Waals surface area contributed by atoms with Crippen LogP contribution in [-0.4, -0.2) is 22.7 Å². The summed E-state index contributed by atoms with van der Waals surface area (Å²) >= 11 is 1.33. The van der Waals surface area contributed by atoms with Crippen molar-refractivity contribution in [3.05, 3.63) is 63.6 Å². The number of pyridine rings is 1. The van der Waals surface area contributed by atoms with Crippen molar-refractivity contribution >= 4 is 28.6 Å². The third-order valence-electron chi connectivity index (χ3n) is 4.75. The monoisotopic (exact) mass is 384 g/mol. The topological polar surface area (TPSA) is 71.3 Å². The zero-order valence-electron chi connectivity index (χ0n) is 14.7. The Labute approximate surface area is 158 Å². The average Bonchev–Trinajstić information content (AvgIpc) is 2.62. The Morgan fingerprint density at radius 3 is 2.59 bits per heavy atom. The second-order valence-electron chi connectivity index (χ2n) is 6.48. The van der Waals surface area contributed by atoms with Crippen molar-refractivity contribution in [1.29, 1.82) is 0 Å². The fourth-order valence-corrected chi connectivity index (χ4v) is 4.62. The van der Waals surface area contributed by atoms with E-state index in [-0.39, 0.29) is 16.3 Å². The molecule has 27 heavy (non-hydrogen) atoms. The van der Waals surface area contributed by atoms with Crippen LogP contribution in [0.15, 0.2) is 46.2 Å². The van der Waals surface area contributed by atoms with Crippen LogP contribution >= 0.6 is 11.8 Å². The Morgan fingerprint density at radius 1 is 1.30 bits per heavy atom. The smallest absolute Gasteiger partial charge is 0.342 e. The Balaban J connectivity index is 1.95. The molecule has 7 heteroatoms. The molecule has 1 unspecified atom stereocenters. The molecule has 2 N–H and O–H groups in total. The fraction of sp³-hybridized carbons (Fsp3) is 0.200. The number of nitrogens with zero attached hydrogens (tertiary/aromatic N) is 1. The molecule has 0 saturated carbocycles. The van der Waals surface area contributed by atoms with Gasteiger partial charge in [0.2, 0.25) is 5.43 Å². The predicted molar refractivity (Wildman–Crippen MR) is 104 cm³/mol. The van der Waals surface area contributed by atoms with Gasteiger partial charge in [-0.2, -0.15) is 0 Å². The number of benzene rings is 2. The summed E-state index contributed by atoms with van der Waals surface area (Å²) in [6.45, 7) is 2.64. The third-order valence-corrected chi connectivity index (χ3v) is 5.93. The number of carbonyl (C=O) groups is 1. The van der Waals surface area contributed by atoms with E-state index in [1.54, 1.807) is 10.6 Å². The van der Waals surface area contributed by atoms with E-state index in [1.807, 2.05) is 38.2 Å². The summed E-state index contributed by atoms with van der Waals surface area (Å²) in [4.78, 5) is 24.1. The molecule has 0 saturated heterocycles. The van der Waals surface area contributed by atoms with Crippen LogP contribution in [0, 0.1) is 5.82 Å². The molecule has 0 fully saturated rings. The van der Waals surface area contributed by atoms with E-state index >= 15 is 0 Å². The van der Waals surface area contributed by atoms with Crippen molar-refractivity contribution in [3.63, 3.8) is 0 Å². The number of rotatable bonds is 4. The van der Waals surface area contributed by atoms with Crippen LogP contribution in [0.5, 0.6) is 0 Å². The average molecular weight is 384 g/mol. The zero-order chi connectivity index (χ0) is 19.3. The summed E-state index contributed by atoms with van der Waals surface area (Å²) in [5.41, 5.74) is 1.81. The van der Waals surface area contributed by atoms with Crippen LogP contribution in [0.4, 0.5) is 4.39 Å². The van der Waals surface area contributed by atoms with Gasteiger partial charge >= 0.3 is 5.97 Å². The molecule has 4 rings (SSSR count). The maximum Gasteiger partial charge on any atom is 0.342 e. The highest BCUT2D eigenvalue weighted by atomic mass is 32.2. The highest BCUT2D eigenvalue weighted by Crippen LogP contribution is 2.46. The second-order valence-corrected chi connectivity index (χ2v) is 7.78. The maximum atomic E-state index is 14.8. The first-order valence-corrected chi connectivity index (χ1v) is 9.36. The molecule has 0 bridgehead atoms. The number of carboxylic acid groups (broad SMARTS) is 1. The van der Waals surface area contributed by atoms with Crippen LogP contribution in [-0.2, 0) is 6.54 Å². The number of halogens is 1. The summed E-state index contributed by atoms with van der Waals surface area (Å²) < 4.78 is 16.6. The van der Waals surface area contributed by atoms with E-state index in [1.165, 1.54) is 11.8 Å². The van der Waals surface area contributed by atoms with Crippen molar-refractivity contribution in [2.45, 2.75) is 23.9 Å². The van der Waals surface area contributed by atoms with Gasteiger partial charge < -0.3 is 15.0 Å².